The van der Waals surface area contributed by atoms with Gasteiger partial charge in [0.15, 0.2) is 0 Å². The highest BCUT2D eigenvalue weighted by atomic mass is 19.1. The number of benzene rings is 1. The Morgan fingerprint density at radius 2 is 2.24 bits per heavy atom. The van der Waals surface area contributed by atoms with Gasteiger partial charge in [-0.2, -0.15) is 0 Å². The monoisotopic (exact) mass is 242 g/mol. The van der Waals surface area contributed by atoms with E-state index < -0.39 is 16.8 Å². The van der Waals surface area contributed by atoms with Crippen LogP contribution >= 0.6 is 0 Å². The highest BCUT2D eigenvalue weighted by molar-refractivity contribution is 5.35. The van der Waals surface area contributed by atoms with Crippen molar-refractivity contribution in [2.45, 2.75) is 26.0 Å². The average Bonchev–Trinajstić information content (AvgIpc) is 2.28. The highest BCUT2D eigenvalue weighted by Crippen LogP contribution is 2.16. The van der Waals surface area contributed by atoms with E-state index in [1.165, 1.54) is 12.1 Å². The van der Waals surface area contributed by atoms with Gasteiger partial charge in [0.05, 0.1) is 17.1 Å². The minimum absolute atomic E-state index is 0.266. The summed E-state index contributed by atoms with van der Waals surface area (Å²) >= 11 is 0. The van der Waals surface area contributed by atoms with E-state index >= 15 is 0 Å². The van der Waals surface area contributed by atoms with Crippen LogP contribution in [0.3, 0.4) is 0 Å². The number of hydrogen-bond donors (Lipinski definition) is 2. The maximum atomic E-state index is 13.1. The molecule has 2 N–H and O–H groups in total. The van der Waals surface area contributed by atoms with Crippen LogP contribution in [0.15, 0.2) is 18.2 Å². The predicted octanol–water partition coefficient (Wildman–Crippen LogP) is 1.59. The number of halogens is 1. The molecule has 0 bridgehead atoms. The van der Waals surface area contributed by atoms with Gasteiger partial charge in [-0.05, 0) is 18.1 Å². The number of non-ortho nitro benzene ring substituents is 1. The molecule has 0 aromatic heterocycles. The van der Waals surface area contributed by atoms with E-state index in [9.17, 15) is 19.6 Å². The Kier molecular flexibility index (Phi) is 4.99. The Morgan fingerprint density at radius 1 is 1.53 bits per heavy atom. The maximum absolute atomic E-state index is 13.1. The molecule has 0 fully saturated rings. The molecule has 1 rings (SSSR count). The molecule has 1 atom stereocenters. The molecule has 0 amide bonds. The van der Waals surface area contributed by atoms with E-state index in [0.29, 0.717) is 18.5 Å². The molecule has 1 aromatic carbocycles. The minimum atomic E-state index is -0.632. The van der Waals surface area contributed by atoms with Gasteiger partial charge in [-0.1, -0.05) is 6.92 Å². The molecular weight excluding hydrogens is 227 g/mol. The van der Waals surface area contributed by atoms with E-state index in [1.54, 1.807) is 0 Å². The van der Waals surface area contributed by atoms with Crippen molar-refractivity contribution in [2.24, 2.45) is 0 Å². The van der Waals surface area contributed by atoms with E-state index in [-0.39, 0.29) is 12.2 Å². The van der Waals surface area contributed by atoms with Crippen molar-refractivity contribution in [3.05, 3.63) is 39.7 Å². The van der Waals surface area contributed by atoms with Crippen molar-refractivity contribution in [1.82, 2.24) is 5.32 Å². The quantitative estimate of drug-likeness (QED) is 0.586. The third-order valence-corrected chi connectivity index (χ3v) is 2.33. The Bertz CT molecular complexity index is 398. The zero-order chi connectivity index (χ0) is 12.8. The first-order valence-electron chi connectivity index (χ1n) is 5.35. The molecular formula is C11H15FN2O3. The summed E-state index contributed by atoms with van der Waals surface area (Å²) in [6, 6.07) is 3.43. The molecule has 0 radical (unpaired) electrons. The molecule has 1 unspecified atom stereocenters. The summed E-state index contributed by atoms with van der Waals surface area (Å²) in [6.45, 7) is 2.51. The first kappa shape index (κ1) is 13.5. The van der Waals surface area contributed by atoms with Crippen LogP contribution in [0.25, 0.3) is 0 Å². The van der Waals surface area contributed by atoms with Gasteiger partial charge >= 0.3 is 0 Å². The van der Waals surface area contributed by atoms with E-state index in [1.807, 2.05) is 6.92 Å². The Balaban J connectivity index is 2.62. The van der Waals surface area contributed by atoms with Crippen molar-refractivity contribution in [1.29, 1.82) is 0 Å². The summed E-state index contributed by atoms with van der Waals surface area (Å²) in [5.41, 5.74) is 0.220. The van der Waals surface area contributed by atoms with Crippen LogP contribution < -0.4 is 5.32 Å². The number of nitrogens with zero attached hydrogens (tertiary/aromatic N) is 1. The molecule has 6 heteroatoms. The molecule has 0 aliphatic rings. The molecule has 0 spiro atoms. The van der Waals surface area contributed by atoms with Gasteiger partial charge in [0.1, 0.15) is 5.82 Å². The van der Waals surface area contributed by atoms with Crippen molar-refractivity contribution in [3.8, 4) is 0 Å². The Labute approximate surface area is 98.4 Å². The van der Waals surface area contributed by atoms with Gasteiger partial charge in [0, 0.05) is 19.2 Å². The standard InChI is InChI=1S/C11H15FN2O3/c1-2-11(15)7-13-6-8-3-9(12)5-10(4-8)14(16)17/h3-5,11,13,15H,2,6-7H2,1H3. The summed E-state index contributed by atoms with van der Waals surface area (Å²) in [6.07, 6.45) is 0.162. The number of aliphatic hydroxyl groups excluding tert-OH is 1. The van der Waals surface area contributed by atoms with Crippen molar-refractivity contribution in [3.63, 3.8) is 0 Å². The van der Waals surface area contributed by atoms with Crippen molar-refractivity contribution < 1.29 is 14.4 Å². The molecule has 94 valence electrons. The summed E-state index contributed by atoms with van der Waals surface area (Å²) in [7, 11) is 0. The second-order valence-corrected chi connectivity index (χ2v) is 3.77. The van der Waals surface area contributed by atoms with Gasteiger partial charge < -0.3 is 10.4 Å². The van der Waals surface area contributed by atoms with Gasteiger partial charge in [-0.3, -0.25) is 10.1 Å². The van der Waals surface area contributed by atoms with Gasteiger partial charge in [-0.15, -0.1) is 0 Å². The second-order valence-electron chi connectivity index (χ2n) is 3.77. The van der Waals surface area contributed by atoms with E-state index in [0.717, 1.165) is 6.07 Å². The smallest absolute Gasteiger partial charge is 0.272 e. The number of rotatable bonds is 6. The Hall–Kier alpha value is -1.53. The fourth-order valence-electron chi connectivity index (χ4n) is 1.37. The van der Waals surface area contributed by atoms with Gasteiger partial charge in [0.2, 0.25) is 0 Å². The predicted molar refractivity (Wildman–Crippen MR) is 61.1 cm³/mol. The lowest BCUT2D eigenvalue weighted by atomic mass is 10.2. The van der Waals surface area contributed by atoms with Crippen molar-refractivity contribution >= 4 is 5.69 Å². The van der Waals surface area contributed by atoms with Crippen LogP contribution in [0.1, 0.15) is 18.9 Å². The average molecular weight is 242 g/mol. The first-order valence-corrected chi connectivity index (χ1v) is 5.35. The molecule has 0 saturated heterocycles. The third-order valence-electron chi connectivity index (χ3n) is 2.33. The normalized spacial score (nSPS) is 12.4. The topological polar surface area (TPSA) is 75.4 Å². The largest absolute Gasteiger partial charge is 0.392 e. The number of nitrogens with one attached hydrogen (secondary N) is 1. The fraction of sp³-hybridized carbons (Fsp3) is 0.455. The minimum Gasteiger partial charge on any atom is -0.392 e. The van der Waals surface area contributed by atoms with E-state index in [4.69, 9.17) is 0 Å². The SMILES string of the molecule is CCC(O)CNCc1cc(F)cc([N+](=O)[O-])c1. The molecule has 0 saturated carbocycles. The number of nitro groups is 1. The second kappa shape index (κ2) is 6.27. The third kappa shape index (κ3) is 4.46. The maximum Gasteiger partial charge on any atom is 0.272 e. The van der Waals surface area contributed by atoms with E-state index in [2.05, 4.69) is 5.32 Å². The molecule has 0 heterocycles. The summed E-state index contributed by atoms with van der Waals surface area (Å²) in [5.74, 6) is -0.632. The molecule has 17 heavy (non-hydrogen) atoms. The summed E-state index contributed by atoms with van der Waals surface area (Å²) < 4.78 is 13.1. The van der Waals surface area contributed by atoms with Crippen molar-refractivity contribution in [2.75, 3.05) is 6.54 Å². The van der Waals surface area contributed by atoms with Crippen LogP contribution in [0.5, 0.6) is 0 Å². The molecule has 5 nitrogen and oxygen atoms in total. The van der Waals surface area contributed by atoms with Crippen LogP contribution in [0, 0.1) is 15.9 Å². The zero-order valence-electron chi connectivity index (χ0n) is 9.52. The van der Waals surface area contributed by atoms with Gasteiger partial charge in [0.25, 0.3) is 5.69 Å². The Morgan fingerprint density at radius 3 is 2.82 bits per heavy atom. The highest BCUT2D eigenvalue weighted by Gasteiger charge is 2.09. The fourth-order valence-corrected chi connectivity index (χ4v) is 1.37. The van der Waals surface area contributed by atoms with Gasteiger partial charge in [-0.25, -0.2) is 4.39 Å². The zero-order valence-corrected chi connectivity index (χ0v) is 9.52. The van der Waals surface area contributed by atoms with Crippen LogP contribution in [0.4, 0.5) is 10.1 Å². The lowest BCUT2D eigenvalue weighted by Crippen LogP contribution is -2.25. The van der Waals surface area contributed by atoms with Crippen LogP contribution in [-0.4, -0.2) is 22.7 Å². The first-order chi connectivity index (χ1) is 8.02. The molecule has 0 aliphatic heterocycles. The van der Waals surface area contributed by atoms with Crippen LogP contribution in [0.2, 0.25) is 0 Å². The summed E-state index contributed by atoms with van der Waals surface area (Å²) in [4.78, 5) is 9.88. The molecule has 0 aliphatic carbocycles. The number of nitro benzene ring substituents is 1. The number of aliphatic hydroxyl groups is 1. The summed E-state index contributed by atoms with van der Waals surface area (Å²) in [5, 5.41) is 22.7. The lowest BCUT2D eigenvalue weighted by molar-refractivity contribution is -0.385. The lowest BCUT2D eigenvalue weighted by Gasteiger charge is -2.09. The van der Waals surface area contributed by atoms with Crippen LogP contribution in [-0.2, 0) is 6.54 Å². The molecule has 1 aromatic rings. The number of hydrogen-bond acceptors (Lipinski definition) is 4.